The zero-order chi connectivity index (χ0) is 11.2. The molecular formula is C8H4BrClN2O3. The molecule has 15 heavy (non-hydrogen) atoms. The van der Waals surface area contributed by atoms with Crippen molar-refractivity contribution in [2.24, 2.45) is 0 Å². The summed E-state index contributed by atoms with van der Waals surface area (Å²) in [5.41, 5.74) is -1.23. The zero-order valence-electron chi connectivity index (χ0n) is 7.10. The van der Waals surface area contributed by atoms with E-state index in [1.54, 1.807) is 0 Å². The largest absolute Gasteiger partial charge is 0.505 e. The van der Waals surface area contributed by atoms with E-state index in [0.717, 1.165) is 0 Å². The van der Waals surface area contributed by atoms with Gasteiger partial charge in [0.05, 0.1) is 20.4 Å². The third-order valence-electron chi connectivity index (χ3n) is 1.91. The molecule has 1 aromatic carbocycles. The van der Waals surface area contributed by atoms with Gasteiger partial charge in [-0.2, -0.15) is 0 Å². The predicted octanol–water partition coefficient (Wildman–Crippen LogP) is 1.34. The van der Waals surface area contributed by atoms with E-state index in [4.69, 9.17) is 11.6 Å². The Morgan fingerprint density at radius 2 is 2.00 bits per heavy atom. The Balaban J connectivity index is 3.12. The predicted molar refractivity (Wildman–Crippen MR) is 59.6 cm³/mol. The molecule has 0 fully saturated rings. The molecule has 2 rings (SSSR count). The van der Waals surface area contributed by atoms with Gasteiger partial charge in [-0.15, -0.1) is 0 Å². The number of halogens is 2. The van der Waals surface area contributed by atoms with Crippen LogP contribution in [0, 0.1) is 0 Å². The van der Waals surface area contributed by atoms with Gasteiger partial charge in [0, 0.05) is 0 Å². The molecule has 0 aliphatic heterocycles. The van der Waals surface area contributed by atoms with E-state index >= 15 is 0 Å². The summed E-state index contributed by atoms with van der Waals surface area (Å²) in [4.78, 5) is 26.7. The van der Waals surface area contributed by atoms with E-state index in [0.29, 0.717) is 0 Å². The molecule has 1 heterocycles. The molecule has 0 bridgehead atoms. The first-order chi connectivity index (χ1) is 7.00. The molecule has 7 heteroatoms. The number of H-pyrrole nitrogens is 2. The Kier molecular flexibility index (Phi) is 2.32. The van der Waals surface area contributed by atoms with Crippen LogP contribution in [0.25, 0.3) is 10.9 Å². The number of benzene rings is 1. The van der Waals surface area contributed by atoms with Crippen LogP contribution in [-0.2, 0) is 0 Å². The first kappa shape index (κ1) is 10.3. The maximum Gasteiger partial charge on any atom is 0.326 e. The number of aromatic hydroxyl groups is 1. The zero-order valence-corrected chi connectivity index (χ0v) is 9.44. The van der Waals surface area contributed by atoms with Crippen LogP contribution >= 0.6 is 27.5 Å². The number of hydrogen-bond donors (Lipinski definition) is 3. The quantitative estimate of drug-likeness (QED) is 0.684. The molecule has 0 spiro atoms. The summed E-state index contributed by atoms with van der Waals surface area (Å²) in [6.45, 7) is 0. The molecule has 2 aromatic rings. The van der Waals surface area contributed by atoms with Crippen LogP contribution in [0.2, 0.25) is 5.02 Å². The summed E-state index contributed by atoms with van der Waals surface area (Å²) in [6, 6.07) is 1.36. The molecule has 78 valence electrons. The van der Waals surface area contributed by atoms with Crippen molar-refractivity contribution in [3.8, 4) is 5.75 Å². The average Bonchev–Trinajstić information content (AvgIpc) is 2.17. The molecule has 0 amide bonds. The second-order valence-corrected chi connectivity index (χ2v) is 4.05. The minimum absolute atomic E-state index is 0.0556. The van der Waals surface area contributed by atoms with E-state index in [9.17, 15) is 14.7 Å². The highest BCUT2D eigenvalue weighted by atomic mass is 79.9. The maximum atomic E-state index is 11.4. The molecule has 0 saturated heterocycles. The van der Waals surface area contributed by atoms with Crippen molar-refractivity contribution in [3.63, 3.8) is 0 Å². The summed E-state index contributed by atoms with van der Waals surface area (Å²) in [5, 5.41) is 9.95. The van der Waals surface area contributed by atoms with Gasteiger partial charge in [0.25, 0.3) is 5.56 Å². The number of hydrogen-bond acceptors (Lipinski definition) is 3. The lowest BCUT2D eigenvalue weighted by Gasteiger charge is -2.03. The van der Waals surface area contributed by atoms with E-state index < -0.39 is 11.2 Å². The van der Waals surface area contributed by atoms with Crippen molar-refractivity contribution >= 4 is 38.4 Å². The molecule has 1 aromatic heterocycles. The summed E-state index contributed by atoms with van der Waals surface area (Å²) < 4.78 is 0.234. The standard InChI is InChI=1S/C8H4BrClN2O3/c9-4-3(10)1-2-5(6(4)13)11-8(15)12-7(2)14/h1,13H,(H2,11,12,14,15). The Labute approximate surface area is 95.8 Å². The van der Waals surface area contributed by atoms with E-state index in [2.05, 4.69) is 20.9 Å². The molecule has 0 aliphatic carbocycles. The van der Waals surface area contributed by atoms with Gasteiger partial charge < -0.3 is 10.1 Å². The van der Waals surface area contributed by atoms with Gasteiger partial charge in [-0.25, -0.2) is 4.79 Å². The number of fused-ring (bicyclic) bond motifs is 1. The minimum Gasteiger partial charge on any atom is -0.505 e. The Hall–Kier alpha value is -1.27. The minimum atomic E-state index is -0.683. The lowest BCUT2D eigenvalue weighted by molar-refractivity contribution is 0.477. The summed E-state index contributed by atoms with van der Waals surface area (Å²) in [7, 11) is 0. The van der Waals surface area contributed by atoms with Gasteiger partial charge in [-0.3, -0.25) is 9.78 Å². The summed E-state index contributed by atoms with van der Waals surface area (Å²) in [6.07, 6.45) is 0. The Morgan fingerprint density at radius 1 is 1.33 bits per heavy atom. The monoisotopic (exact) mass is 290 g/mol. The fourth-order valence-electron chi connectivity index (χ4n) is 1.23. The number of phenolic OH excluding ortho intramolecular Hbond substituents is 1. The van der Waals surface area contributed by atoms with Crippen LogP contribution in [0.5, 0.6) is 5.75 Å². The number of phenols is 1. The van der Waals surface area contributed by atoms with Crippen LogP contribution in [0.3, 0.4) is 0 Å². The van der Waals surface area contributed by atoms with Crippen LogP contribution in [-0.4, -0.2) is 15.1 Å². The molecule has 0 saturated carbocycles. The van der Waals surface area contributed by atoms with Crippen molar-refractivity contribution in [2.75, 3.05) is 0 Å². The van der Waals surface area contributed by atoms with Crippen molar-refractivity contribution in [1.82, 2.24) is 9.97 Å². The van der Waals surface area contributed by atoms with Crippen LogP contribution in [0.4, 0.5) is 0 Å². The van der Waals surface area contributed by atoms with Gasteiger partial charge in [-0.05, 0) is 22.0 Å². The molecule has 0 aliphatic rings. The lowest BCUT2D eigenvalue weighted by Crippen LogP contribution is -2.21. The van der Waals surface area contributed by atoms with E-state index in [-0.39, 0.29) is 26.1 Å². The third kappa shape index (κ3) is 1.55. The van der Waals surface area contributed by atoms with Gasteiger partial charge in [0.2, 0.25) is 0 Å². The lowest BCUT2D eigenvalue weighted by atomic mass is 10.2. The topological polar surface area (TPSA) is 85.9 Å². The normalized spacial score (nSPS) is 10.8. The first-order valence-corrected chi connectivity index (χ1v) is 5.01. The van der Waals surface area contributed by atoms with Crippen LogP contribution < -0.4 is 11.2 Å². The Morgan fingerprint density at radius 3 is 2.67 bits per heavy atom. The average molecular weight is 291 g/mol. The molecular weight excluding hydrogens is 287 g/mol. The van der Waals surface area contributed by atoms with Crippen molar-refractivity contribution in [2.45, 2.75) is 0 Å². The maximum absolute atomic E-state index is 11.4. The van der Waals surface area contributed by atoms with Crippen LogP contribution in [0.15, 0.2) is 20.1 Å². The van der Waals surface area contributed by atoms with Gasteiger partial charge in [0.1, 0.15) is 0 Å². The van der Waals surface area contributed by atoms with Crippen LogP contribution in [0.1, 0.15) is 0 Å². The number of nitrogens with one attached hydrogen (secondary N) is 2. The second-order valence-electron chi connectivity index (χ2n) is 2.85. The SMILES string of the molecule is O=c1[nH]c(=O)c2cc(Cl)c(Br)c(O)c2[nH]1. The molecule has 0 unspecified atom stereocenters. The number of aromatic amines is 2. The smallest absolute Gasteiger partial charge is 0.326 e. The summed E-state index contributed by atoms with van der Waals surface area (Å²) >= 11 is 8.79. The summed E-state index contributed by atoms with van der Waals surface area (Å²) in [5.74, 6) is -0.263. The van der Waals surface area contributed by atoms with Gasteiger partial charge in [-0.1, -0.05) is 11.6 Å². The first-order valence-electron chi connectivity index (χ1n) is 3.84. The van der Waals surface area contributed by atoms with Crippen molar-refractivity contribution in [3.05, 3.63) is 36.4 Å². The number of aromatic nitrogens is 2. The van der Waals surface area contributed by atoms with Gasteiger partial charge >= 0.3 is 5.69 Å². The fraction of sp³-hybridized carbons (Fsp3) is 0. The molecule has 0 atom stereocenters. The molecule has 5 nitrogen and oxygen atoms in total. The van der Waals surface area contributed by atoms with E-state index in [1.165, 1.54) is 6.07 Å². The van der Waals surface area contributed by atoms with E-state index in [1.807, 2.05) is 4.98 Å². The van der Waals surface area contributed by atoms with Gasteiger partial charge in [0.15, 0.2) is 5.75 Å². The molecule has 3 N–H and O–H groups in total. The highest BCUT2D eigenvalue weighted by Crippen LogP contribution is 2.35. The number of rotatable bonds is 0. The van der Waals surface area contributed by atoms with Crippen molar-refractivity contribution in [1.29, 1.82) is 0 Å². The fourth-order valence-corrected chi connectivity index (χ4v) is 1.74. The highest BCUT2D eigenvalue weighted by Gasteiger charge is 2.12. The highest BCUT2D eigenvalue weighted by molar-refractivity contribution is 9.10. The Bertz CT molecular complexity index is 661. The molecule has 0 radical (unpaired) electrons. The van der Waals surface area contributed by atoms with Crippen molar-refractivity contribution < 1.29 is 5.11 Å². The third-order valence-corrected chi connectivity index (χ3v) is 3.23. The second kappa shape index (κ2) is 3.39.